The molecule has 0 bridgehead atoms. The Balaban J connectivity index is 2.70. The summed E-state index contributed by atoms with van der Waals surface area (Å²) in [5.74, 6) is 0.0517. The van der Waals surface area contributed by atoms with Crippen LogP contribution < -0.4 is 0 Å². The van der Waals surface area contributed by atoms with Crippen LogP contribution in [0, 0.1) is 0 Å². The number of aryl methyl sites for hydroxylation is 1. The molecule has 1 rings (SSSR count). The van der Waals surface area contributed by atoms with Crippen LogP contribution in [-0.4, -0.2) is 54.6 Å². The van der Waals surface area contributed by atoms with E-state index in [1.54, 1.807) is 11.1 Å². The number of aromatic nitrogens is 1. The SMILES string of the molecule is CC(CCS(C)(=O)=O)N(CCCc1cccnc1)C(=O)OC(C)(C)C. The number of hydrogen-bond donors (Lipinski definition) is 0. The fourth-order valence-corrected chi connectivity index (χ4v) is 3.12. The minimum Gasteiger partial charge on any atom is -0.444 e. The van der Waals surface area contributed by atoms with Crippen LogP contribution in [0.2, 0.25) is 0 Å². The summed E-state index contributed by atoms with van der Waals surface area (Å²) in [6, 6.07) is 3.67. The van der Waals surface area contributed by atoms with Crippen LogP contribution >= 0.6 is 0 Å². The van der Waals surface area contributed by atoms with Gasteiger partial charge in [-0.2, -0.15) is 0 Å². The molecule has 0 radical (unpaired) electrons. The first-order valence-electron chi connectivity index (χ1n) is 8.54. The highest BCUT2D eigenvalue weighted by molar-refractivity contribution is 7.90. The summed E-state index contributed by atoms with van der Waals surface area (Å²) in [4.78, 5) is 18.2. The summed E-state index contributed by atoms with van der Waals surface area (Å²) >= 11 is 0. The molecular formula is C18H30N2O4S. The monoisotopic (exact) mass is 370 g/mol. The molecule has 1 atom stereocenters. The van der Waals surface area contributed by atoms with Gasteiger partial charge in [0.25, 0.3) is 0 Å². The fourth-order valence-electron chi connectivity index (χ4n) is 2.35. The first-order valence-corrected chi connectivity index (χ1v) is 10.6. The molecule has 0 saturated heterocycles. The number of hydrogen-bond acceptors (Lipinski definition) is 5. The van der Waals surface area contributed by atoms with Crippen molar-refractivity contribution in [1.29, 1.82) is 0 Å². The summed E-state index contributed by atoms with van der Waals surface area (Å²) in [5, 5.41) is 0. The molecule has 7 heteroatoms. The Bertz CT molecular complexity index is 639. The van der Waals surface area contributed by atoms with Crippen molar-refractivity contribution < 1.29 is 17.9 Å². The van der Waals surface area contributed by atoms with E-state index in [9.17, 15) is 13.2 Å². The molecule has 142 valence electrons. The number of carbonyl (C=O) groups excluding carboxylic acids is 1. The van der Waals surface area contributed by atoms with Crippen LogP contribution in [0.5, 0.6) is 0 Å². The maximum Gasteiger partial charge on any atom is 0.410 e. The third kappa shape index (κ3) is 9.43. The molecule has 1 unspecified atom stereocenters. The topological polar surface area (TPSA) is 76.6 Å². The molecule has 0 N–H and O–H groups in total. The number of pyridine rings is 1. The van der Waals surface area contributed by atoms with Crippen molar-refractivity contribution >= 4 is 15.9 Å². The lowest BCUT2D eigenvalue weighted by Crippen LogP contribution is -2.43. The standard InChI is InChI=1S/C18H30N2O4S/c1-15(10-13-25(5,22)23)20(17(21)24-18(2,3)4)12-7-9-16-8-6-11-19-14-16/h6,8,11,14-15H,7,9-10,12-13H2,1-5H3. The van der Waals surface area contributed by atoms with Gasteiger partial charge in [0, 0.05) is 31.2 Å². The van der Waals surface area contributed by atoms with Crippen LogP contribution in [0.25, 0.3) is 0 Å². The number of rotatable bonds is 8. The van der Waals surface area contributed by atoms with Crippen molar-refractivity contribution in [3.8, 4) is 0 Å². The van der Waals surface area contributed by atoms with E-state index in [-0.39, 0.29) is 11.8 Å². The van der Waals surface area contributed by atoms with Crippen LogP contribution in [0.3, 0.4) is 0 Å². The quantitative estimate of drug-likeness (QED) is 0.703. The van der Waals surface area contributed by atoms with Crippen LogP contribution in [-0.2, 0) is 21.0 Å². The predicted molar refractivity (Wildman–Crippen MR) is 99.3 cm³/mol. The second-order valence-corrected chi connectivity index (χ2v) is 9.67. The van der Waals surface area contributed by atoms with Crippen molar-refractivity contribution in [2.45, 2.75) is 58.6 Å². The van der Waals surface area contributed by atoms with Gasteiger partial charge in [0.1, 0.15) is 15.4 Å². The molecule has 6 nitrogen and oxygen atoms in total. The van der Waals surface area contributed by atoms with Gasteiger partial charge >= 0.3 is 6.09 Å². The molecule has 0 saturated carbocycles. The zero-order valence-corrected chi connectivity index (χ0v) is 16.7. The van der Waals surface area contributed by atoms with E-state index in [1.807, 2.05) is 46.0 Å². The zero-order valence-electron chi connectivity index (χ0n) is 15.9. The first-order chi connectivity index (χ1) is 11.5. The minimum absolute atomic E-state index is 0.0517. The molecule has 0 aliphatic carbocycles. The van der Waals surface area contributed by atoms with Crippen LogP contribution in [0.4, 0.5) is 4.79 Å². The molecule has 1 amide bonds. The largest absolute Gasteiger partial charge is 0.444 e. The minimum atomic E-state index is -3.06. The second kappa shape index (κ2) is 9.17. The van der Waals surface area contributed by atoms with Gasteiger partial charge in [0.2, 0.25) is 0 Å². The Labute approximate surface area is 151 Å². The average molecular weight is 371 g/mol. The molecule has 0 spiro atoms. The number of carbonyl (C=O) groups is 1. The highest BCUT2D eigenvalue weighted by Gasteiger charge is 2.26. The van der Waals surface area contributed by atoms with Gasteiger partial charge in [-0.1, -0.05) is 6.07 Å². The predicted octanol–water partition coefficient (Wildman–Crippen LogP) is 3.07. The van der Waals surface area contributed by atoms with Gasteiger partial charge in [-0.3, -0.25) is 4.98 Å². The Morgan fingerprint density at radius 2 is 2.04 bits per heavy atom. The second-order valence-electron chi connectivity index (χ2n) is 7.41. The molecule has 1 heterocycles. The Morgan fingerprint density at radius 3 is 2.56 bits per heavy atom. The number of sulfone groups is 1. The molecule has 0 aliphatic rings. The summed E-state index contributed by atoms with van der Waals surface area (Å²) in [6.07, 6.45) is 6.29. The van der Waals surface area contributed by atoms with Gasteiger partial charge in [0.05, 0.1) is 5.75 Å². The molecule has 0 aliphatic heterocycles. The maximum absolute atomic E-state index is 12.5. The van der Waals surface area contributed by atoms with E-state index < -0.39 is 21.5 Å². The normalized spacial score (nSPS) is 13.3. The van der Waals surface area contributed by atoms with Crippen molar-refractivity contribution in [3.63, 3.8) is 0 Å². The number of nitrogens with zero attached hydrogens (tertiary/aromatic N) is 2. The number of amides is 1. The van der Waals surface area contributed by atoms with Crippen molar-refractivity contribution in [1.82, 2.24) is 9.88 Å². The fraction of sp³-hybridized carbons (Fsp3) is 0.667. The summed E-state index contributed by atoms with van der Waals surface area (Å²) in [6.45, 7) is 7.83. The van der Waals surface area contributed by atoms with E-state index in [2.05, 4.69) is 4.98 Å². The Morgan fingerprint density at radius 1 is 1.36 bits per heavy atom. The van der Waals surface area contributed by atoms with E-state index in [1.165, 1.54) is 6.26 Å². The van der Waals surface area contributed by atoms with E-state index >= 15 is 0 Å². The average Bonchev–Trinajstić information content (AvgIpc) is 2.47. The maximum atomic E-state index is 12.5. The molecule has 1 aromatic rings. The van der Waals surface area contributed by atoms with Crippen LogP contribution in [0.1, 0.15) is 46.1 Å². The van der Waals surface area contributed by atoms with Gasteiger partial charge in [-0.05, 0) is 58.6 Å². The highest BCUT2D eigenvalue weighted by atomic mass is 32.2. The first kappa shape index (κ1) is 21.4. The summed E-state index contributed by atoms with van der Waals surface area (Å²) < 4.78 is 28.3. The lowest BCUT2D eigenvalue weighted by molar-refractivity contribution is 0.0171. The number of ether oxygens (including phenoxy) is 1. The van der Waals surface area contributed by atoms with E-state index in [0.29, 0.717) is 13.0 Å². The summed E-state index contributed by atoms with van der Waals surface area (Å²) in [7, 11) is -3.06. The van der Waals surface area contributed by atoms with Gasteiger partial charge in [-0.15, -0.1) is 0 Å². The van der Waals surface area contributed by atoms with Gasteiger partial charge in [-0.25, -0.2) is 13.2 Å². The zero-order chi connectivity index (χ0) is 19.1. The molecule has 0 fully saturated rings. The Kier molecular flexibility index (Phi) is 7.86. The van der Waals surface area contributed by atoms with Crippen molar-refractivity contribution in [3.05, 3.63) is 30.1 Å². The highest BCUT2D eigenvalue weighted by Crippen LogP contribution is 2.15. The Hall–Kier alpha value is -1.63. The smallest absolute Gasteiger partial charge is 0.410 e. The van der Waals surface area contributed by atoms with E-state index in [4.69, 9.17) is 4.74 Å². The van der Waals surface area contributed by atoms with Crippen molar-refractivity contribution in [2.75, 3.05) is 18.6 Å². The lowest BCUT2D eigenvalue weighted by Gasteiger charge is -2.31. The molecule has 1 aromatic heterocycles. The third-order valence-electron chi connectivity index (χ3n) is 3.65. The molecular weight excluding hydrogens is 340 g/mol. The van der Waals surface area contributed by atoms with Crippen LogP contribution in [0.15, 0.2) is 24.5 Å². The van der Waals surface area contributed by atoms with Gasteiger partial charge in [0.15, 0.2) is 0 Å². The molecule has 0 aromatic carbocycles. The lowest BCUT2D eigenvalue weighted by atomic mass is 10.1. The molecule has 25 heavy (non-hydrogen) atoms. The van der Waals surface area contributed by atoms with Gasteiger partial charge < -0.3 is 9.64 Å². The van der Waals surface area contributed by atoms with Crippen molar-refractivity contribution in [2.24, 2.45) is 0 Å². The summed E-state index contributed by atoms with van der Waals surface area (Å²) in [5.41, 5.74) is 0.519. The van der Waals surface area contributed by atoms with E-state index in [0.717, 1.165) is 18.4 Å². The third-order valence-corrected chi connectivity index (χ3v) is 4.63.